The van der Waals surface area contributed by atoms with Crippen LogP contribution in [0.15, 0.2) is 0 Å². The maximum Gasteiger partial charge on any atom is 0.222 e. The van der Waals surface area contributed by atoms with Crippen LogP contribution >= 0.6 is 0 Å². The van der Waals surface area contributed by atoms with Crippen molar-refractivity contribution in [2.75, 3.05) is 31.1 Å². The Bertz CT molecular complexity index is 389. The smallest absolute Gasteiger partial charge is 0.222 e. The molecule has 0 saturated carbocycles. The van der Waals surface area contributed by atoms with E-state index >= 15 is 0 Å². The Labute approximate surface area is 122 Å². The van der Waals surface area contributed by atoms with Crippen molar-refractivity contribution in [1.82, 2.24) is 4.90 Å². The zero-order valence-corrected chi connectivity index (χ0v) is 13.3. The second-order valence-electron chi connectivity index (χ2n) is 5.66. The second-order valence-corrected chi connectivity index (χ2v) is 7.96. The normalized spacial score (nSPS) is 20.4. The Morgan fingerprint density at radius 1 is 1.20 bits per heavy atom. The molecule has 1 rings (SSSR count). The molecule has 1 amide bonds. The lowest BCUT2D eigenvalue weighted by atomic mass is 9.94. The van der Waals surface area contributed by atoms with Crippen molar-refractivity contribution in [2.45, 2.75) is 45.4 Å². The highest BCUT2D eigenvalue weighted by Crippen LogP contribution is 2.18. The van der Waals surface area contributed by atoms with Gasteiger partial charge in [-0.3, -0.25) is 4.79 Å². The van der Waals surface area contributed by atoms with Crippen molar-refractivity contribution in [1.29, 1.82) is 0 Å². The van der Waals surface area contributed by atoms with Crippen LogP contribution < -0.4 is 5.73 Å². The predicted molar refractivity (Wildman–Crippen MR) is 81.2 cm³/mol. The lowest BCUT2D eigenvalue weighted by Gasteiger charge is -2.21. The Balaban J connectivity index is 2.41. The van der Waals surface area contributed by atoms with Crippen LogP contribution in [-0.2, 0) is 14.6 Å². The highest BCUT2D eigenvalue weighted by atomic mass is 32.2. The van der Waals surface area contributed by atoms with Gasteiger partial charge in [0.2, 0.25) is 5.91 Å². The number of carbonyl (C=O) groups excluding carboxylic acids is 1. The Morgan fingerprint density at radius 2 is 1.95 bits per heavy atom. The number of nitrogens with zero attached hydrogens (tertiary/aromatic N) is 1. The fraction of sp³-hybridized carbons (Fsp3) is 0.929. The van der Waals surface area contributed by atoms with Gasteiger partial charge in [0.1, 0.15) is 0 Å². The van der Waals surface area contributed by atoms with Gasteiger partial charge in [-0.2, -0.15) is 0 Å². The van der Waals surface area contributed by atoms with Crippen molar-refractivity contribution >= 4 is 15.7 Å². The standard InChI is InChI=1S/C14H28N2O3S/c1-2-4-13(7-8-15)5-6-14(17)16-9-3-11-20(18,19)12-10-16/h13H,2-12,15H2,1H3. The van der Waals surface area contributed by atoms with Gasteiger partial charge in [-0.25, -0.2) is 8.42 Å². The molecule has 1 aliphatic heterocycles. The minimum Gasteiger partial charge on any atom is -0.342 e. The maximum atomic E-state index is 12.2. The number of rotatable bonds is 7. The van der Waals surface area contributed by atoms with Gasteiger partial charge in [-0.1, -0.05) is 19.8 Å². The van der Waals surface area contributed by atoms with Crippen LogP contribution in [0, 0.1) is 5.92 Å². The van der Waals surface area contributed by atoms with Gasteiger partial charge in [-0.05, 0) is 31.7 Å². The van der Waals surface area contributed by atoms with Gasteiger partial charge in [-0.15, -0.1) is 0 Å². The minimum absolute atomic E-state index is 0.0974. The van der Waals surface area contributed by atoms with Crippen LogP contribution in [0.2, 0.25) is 0 Å². The molecule has 0 aromatic heterocycles. The first-order valence-electron chi connectivity index (χ1n) is 7.66. The summed E-state index contributed by atoms with van der Waals surface area (Å²) in [5.41, 5.74) is 5.60. The van der Waals surface area contributed by atoms with E-state index in [1.807, 2.05) is 0 Å². The molecule has 2 N–H and O–H groups in total. The van der Waals surface area contributed by atoms with E-state index in [4.69, 9.17) is 5.73 Å². The fourth-order valence-electron chi connectivity index (χ4n) is 2.75. The second kappa shape index (κ2) is 8.62. The number of sulfone groups is 1. The number of amides is 1. The molecule has 1 atom stereocenters. The third kappa shape index (κ3) is 6.22. The predicted octanol–water partition coefficient (Wildman–Crippen LogP) is 1.18. The third-order valence-corrected chi connectivity index (χ3v) is 5.66. The number of hydrogen-bond donors (Lipinski definition) is 1. The molecule has 6 heteroatoms. The summed E-state index contributed by atoms with van der Waals surface area (Å²) < 4.78 is 23.0. The van der Waals surface area contributed by atoms with Crippen LogP contribution in [-0.4, -0.2) is 50.4 Å². The Kier molecular flexibility index (Phi) is 7.51. The molecule has 0 aliphatic carbocycles. The zero-order chi connectivity index (χ0) is 15.0. The fourth-order valence-corrected chi connectivity index (χ4v) is 4.02. The van der Waals surface area contributed by atoms with Crippen molar-refractivity contribution in [3.63, 3.8) is 0 Å². The summed E-state index contributed by atoms with van der Waals surface area (Å²) in [4.78, 5) is 13.9. The summed E-state index contributed by atoms with van der Waals surface area (Å²) >= 11 is 0. The molecule has 0 spiro atoms. The lowest BCUT2D eigenvalue weighted by molar-refractivity contribution is -0.131. The molecule has 1 fully saturated rings. The van der Waals surface area contributed by atoms with E-state index in [2.05, 4.69) is 6.92 Å². The summed E-state index contributed by atoms with van der Waals surface area (Å²) in [6, 6.07) is 0. The van der Waals surface area contributed by atoms with Crippen molar-refractivity contribution < 1.29 is 13.2 Å². The van der Waals surface area contributed by atoms with Gasteiger partial charge in [0.05, 0.1) is 11.5 Å². The van der Waals surface area contributed by atoms with E-state index in [0.29, 0.717) is 38.4 Å². The number of carbonyl (C=O) groups is 1. The molecule has 20 heavy (non-hydrogen) atoms. The zero-order valence-electron chi connectivity index (χ0n) is 12.5. The molecule has 0 aromatic carbocycles. The average Bonchev–Trinajstić information content (AvgIpc) is 2.57. The third-order valence-electron chi connectivity index (χ3n) is 3.95. The number of hydrogen-bond acceptors (Lipinski definition) is 4. The summed E-state index contributed by atoms with van der Waals surface area (Å²) in [6.07, 6.45) is 5.14. The lowest BCUT2D eigenvalue weighted by Crippen LogP contribution is -2.33. The van der Waals surface area contributed by atoms with E-state index < -0.39 is 9.84 Å². The molecular formula is C14H28N2O3S. The molecule has 1 saturated heterocycles. The van der Waals surface area contributed by atoms with Crippen LogP contribution in [0.3, 0.4) is 0 Å². The molecule has 0 radical (unpaired) electrons. The van der Waals surface area contributed by atoms with Gasteiger partial charge in [0, 0.05) is 19.5 Å². The SMILES string of the molecule is CCCC(CCN)CCC(=O)N1CCCS(=O)(=O)CC1. The molecule has 0 bridgehead atoms. The first-order chi connectivity index (χ1) is 9.48. The van der Waals surface area contributed by atoms with Gasteiger partial charge in [0.15, 0.2) is 9.84 Å². The van der Waals surface area contributed by atoms with Gasteiger partial charge < -0.3 is 10.6 Å². The monoisotopic (exact) mass is 304 g/mol. The highest BCUT2D eigenvalue weighted by molar-refractivity contribution is 7.91. The van der Waals surface area contributed by atoms with Gasteiger partial charge >= 0.3 is 0 Å². The van der Waals surface area contributed by atoms with Crippen molar-refractivity contribution in [3.8, 4) is 0 Å². The summed E-state index contributed by atoms with van der Waals surface area (Å²) in [5.74, 6) is 0.937. The van der Waals surface area contributed by atoms with E-state index in [1.54, 1.807) is 4.90 Å². The number of nitrogens with two attached hydrogens (primary N) is 1. The van der Waals surface area contributed by atoms with Crippen LogP contribution in [0.25, 0.3) is 0 Å². The summed E-state index contributed by atoms with van der Waals surface area (Å²) in [7, 11) is -2.94. The van der Waals surface area contributed by atoms with Gasteiger partial charge in [0.25, 0.3) is 0 Å². The molecule has 1 heterocycles. The highest BCUT2D eigenvalue weighted by Gasteiger charge is 2.22. The average molecular weight is 304 g/mol. The molecule has 118 valence electrons. The maximum absolute atomic E-state index is 12.2. The topological polar surface area (TPSA) is 80.5 Å². The molecule has 0 aromatic rings. The van der Waals surface area contributed by atoms with Crippen molar-refractivity contribution in [2.24, 2.45) is 11.7 Å². The van der Waals surface area contributed by atoms with Crippen LogP contribution in [0.5, 0.6) is 0 Å². The first kappa shape index (κ1) is 17.4. The Hall–Kier alpha value is -0.620. The Morgan fingerprint density at radius 3 is 2.60 bits per heavy atom. The van der Waals surface area contributed by atoms with E-state index in [1.165, 1.54) is 0 Å². The van der Waals surface area contributed by atoms with Crippen LogP contribution in [0.1, 0.15) is 45.4 Å². The summed E-state index contributed by atoms with van der Waals surface area (Å²) in [6.45, 7) is 3.75. The minimum atomic E-state index is -2.94. The quantitative estimate of drug-likeness (QED) is 0.766. The van der Waals surface area contributed by atoms with E-state index in [0.717, 1.165) is 25.7 Å². The molecule has 1 aliphatic rings. The molecular weight excluding hydrogens is 276 g/mol. The first-order valence-corrected chi connectivity index (χ1v) is 9.49. The van der Waals surface area contributed by atoms with Crippen molar-refractivity contribution in [3.05, 3.63) is 0 Å². The van der Waals surface area contributed by atoms with Crippen LogP contribution in [0.4, 0.5) is 0 Å². The molecule has 1 unspecified atom stereocenters. The largest absolute Gasteiger partial charge is 0.342 e. The van der Waals surface area contributed by atoms with E-state index in [9.17, 15) is 13.2 Å². The molecule has 5 nitrogen and oxygen atoms in total. The van der Waals surface area contributed by atoms with E-state index in [-0.39, 0.29) is 17.4 Å². The summed E-state index contributed by atoms with van der Waals surface area (Å²) in [5, 5.41) is 0.